The molecule has 6 nitrogen and oxygen atoms in total. The second-order valence-electron chi connectivity index (χ2n) is 6.97. The van der Waals surface area contributed by atoms with Gasteiger partial charge in [0.05, 0.1) is 16.6 Å². The smallest absolute Gasteiger partial charge is 0.328 e. The van der Waals surface area contributed by atoms with Gasteiger partial charge in [-0.25, -0.2) is 4.79 Å². The van der Waals surface area contributed by atoms with Crippen LogP contribution in [0.5, 0.6) is 5.75 Å². The Morgan fingerprint density at radius 2 is 1.67 bits per heavy atom. The summed E-state index contributed by atoms with van der Waals surface area (Å²) < 4.78 is 9.00. The average Bonchev–Trinajstić information content (AvgIpc) is 2.97. The predicted molar refractivity (Wildman–Crippen MR) is 118 cm³/mol. The molecule has 0 aliphatic heterocycles. The Hall–Kier alpha value is -3.51. The maximum Gasteiger partial charge on any atom is 0.328 e. The van der Waals surface area contributed by atoms with Gasteiger partial charge in [-0.05, 0) is 48.0 Å². The Labute approximate surface area is 178 Å². The van der Waals surface area contributed by atoms with Gasteiger partial charge in [0.25, 0.3) is 5.91 Å². The van der Waals surface area contributed by atoms with Gasteiger partial charge in [0.1, 0.15) is 12.4 Å². The summed E-state index contributed by atoms with van der Waals surface area (Å²) in [5.74, 6) is 0.195. The molecule has 30 heavy (non-hydrogen) atoms. The van der Waals surface area contributed by atoms with Crippen LogP contribution in [0.4, 0.5) is 5.69 Å². The van der Waals surface area contributed by atoms with Crippen LogP contribution in [0.15, 0.2) is 71.5 Å². The first-order valence-electron chi connectivity index (χ1n) is 9.37. The first-order chi connectivity index (χ1) is 14.4. The number of para-hydroxylation sites is 1. The molecule has 1 amide bonds. The number of nitrogens with zero attached hydrogens (tertiary/aromatic N) is 2. The number of halogens is 1. The van der Waals surface area contributed by atoms with Crippen molar-refractivity contribution in [3.8, 4) is 5.75 Å². The number of imidazole rings is 1. The summed E-state index contributed by atoms with van der Waals surface area (Å²) in [6, 6.07) is 19.8. The van der Waals surface area contributed by atoms with E-state index in [0.717, 1.165) is 16.6 Å². The second-order valence-corrected chi connectivity index (χ2v) is 7.41. The van der Waals surface area contributed by atoms with Gasteiger partial charge in [-0.15, -0.1) is 0 Å². The van der Waals surface area contributed by atoms with Crippen molar-refractivity contribution in [2.45, 2.75) is 6.61 Å². The van der Waals surface area contributed by atoms with Crippen LogP contribution in [-0.4, -0.2) is 15.0 Å². The van der Waals surface area contributed by atoms with Gasteiger partial charge >= 0.3 is 5.69 Å². The number of benzene rings is 3. The van der Waals surface area contributed by atoms with Crippen LogP contribution in [0.2, 0.25) is 5.02 Å². The summed E-state index contributed by atoms with van der Waals surface area (Å²) in [6.07, 6.45) is 0. The highest BCUT2D eigenvalue weighted by Gasteiger charge is 2.14. The monoisotopic (exact) mass is 421 g/mol. The van der Waals surface area contributed by atoms with E-state index >= 15 is 0 Å². The summed E-state index contributed by atoms with van der Waals surface area (Å²) in [6.45, 7) is 0.319. The molecule has 4 rings (SSSR count). The van der Waals surface area contributed by atoms with E-state index in [4.69, 9.17) is 16.3 Å². The quantitative estimate of drug-likeness (QED) is 0.520. The van der Waals surface area contributed by atoms with Gasteiger partial charge in [-0.3, -0.25) is 13.9 Å². The third-order valence-corrected chi connectivity index (χ3v) is 5.22. The highest BCUT2D eigenvalue weighted by molar-refractivity contribution is 6.30. The molecule has 1 aromatic heterocycles. The predicted octanol–water partition coefficient (Wildman–Crippen LogP) is 4.36. The summed E-state index contributed by atoms with van der Waals surface area (Å²) in [5.41, 5.74) is 3.40. The number of hydrogen-bond acceptors (Lipinski definition) is 3. The Morgan fingerprint density at radius 3 is 2.43 bits per heavy atom. The van der Waals surface area contributed by atoms with E-state index < -0.39 is 0 Å². The van der Waals surface area contributed by atoms with Crippen molar-refractivity contribution in [3.05, 3.63) is 93.4 Å². The topological polar surface area (TPSA) is 65.3 Å². The fourth-order valence-electron chi connectivity index (χ4n) is 3.30. The summed E-state index contributed by atoms with van der Waals surface area (Å²) >= 11 is 5.91. The van der Waals surface area contributed by atoms with Crippen LogP contribution >= 0.6 is 11.6 Å². The maximum atomic E-state index is 12.9. The molecule has 0 aliphatic carbocycles. The van der Waals surface area contributed by atoms with Gasteiger partial charge in [0.2, 0.25) is 0 Å². The van der Waals surface area contributed by atoms with Crippen LogP contribution in [-0.2, 0) is 20.7 Å². The van der Waals surface area contributed by atoms with E-state index in [0.29, 0.717) is 28.6 Å². The summed E-state index contributed by atoms with van der Waals surface area (Å²) in [5, 5.41) is 3.55. The molecule has 7 heteroatoms. The van der Waals surface area contributed by atoms with E-state index in [1.54, 1.807) is 65.7 Å². The molecule has 3 aromatic carbocycles. The lowest BCUT2D eigenvalue weighted by atomic mass is 10.1. The van der Waals surface area contributed by atoms with Gasteiger partial charge in [0.15, 0.2) is 0 Å². The minimum Gasteiger partial charge on any atom is -0.488 e. The zero-order valence-corrected chi connectivity index (χ0v) is 17.3. The Bertz CT molecular complexity index is 1290. The number of aromatic nitrogens is 2. The zero-order valence-electron chi connectivity index (χ0n) is 16.6. The molecule has 1 heterocycles. The summed E-state index contributed by atoms with van der Waals surface area (Å²) in [7, 11) is 3.42. The Balaban J connectivity index is 1.55. The fraction of sp³-hybridized carbons (Fsp3) is 0.130. The fourth-order valence-corrected chi connectivity index (χ4v) is 3.43. The number of aryl methyl sites for hydroxylation is 2. The van der Waals surface area contributed by atoms with E-state index in [-0.39, 0.29) is 11.6 Å². The molecule has 0 fully saturated rings. The molecular weight excluding hydrogens is 402 g/mol. The van der Waals surface area contributed by atoms with Crippen molar-refractivity contribution in [2.75, 3.05) is 5.32 Å². The van der Waals surface area contributed by atoms with Gasteiger partial charge in [-0.2, -0.15) is 0 Å². The number of carbonyl (C=O) groups excluding carboxylic acids is 1. The minimum atomic E-state index is -0.290. The number of fused-ring (bicyclic) bond motifs is 1. The van der Waals surface area contributed by atoms with Crippen molar-refractivity contribution >= 4 is 34.2 Å². The van der Waals surface area contributed by atoms with Crippen LogP contribution in [0.1, 0.15) is 15.9 Å². The normalized spacial score (nSPS) is 10.9. The lowest BCUT2D eigenvalue weighted by Gasteiger charge is -2.12. The van der Waals surface area contributed by atoms with Crippen molar-refractivity contribution < 1.29 is 9.53 Å². The number of nitrogens with one attached hydrogen (secondary N) is 1. The Morgan fingerprint density at radius 1 is 0.967 bits per heavy atom. The van der Waals surface area contributed by atoms with Gasteiger partial charge in [-0.1, -0.05) is 35.9 Å². The van der Waals surface area contributed by atoms with E-state index in [1.165, 1.54) is 0 Å². The minimum absolute atomic E-state index is 0.116. The lowest BCUT2D eigenvalue weighted by molar-refractivity contribution is 0.102. The average molecular weight is 422 g/mol. The third-order valence-electron chi connectivity index (χ3n) is 4.97. The molecule has 0 radical (unpaired) electrons. The van der Waals surface area contributed by atoms with E-state index in [2.05, 4.69) is 5.32 Å². The highest BCUT2D eigenvalue weighted by Crippen LogP contribution is 2.23. The maximum absolute atomic E-state index is 12.9. The largest absolute Gasteiger partial charge is 0.488 e. The highest BCUT2D eigenvalue weighted by atomic mass is 35.5. The van der Waals surface area contributed by atoms with Crippen molar-refractivity contribution in [1.82, 2.24) is 9.13 Å². The van der Waals surface area contributed by atoms with Gasteiger partial charge in [0, 0.05) is 24.8 Å². The van der Waals surface area contributed by atoms with Crippen molar-refractivity contribution in [3.63, 3.8) is 0 Å². The number of rotatable bonds is 5. The number of anilines is 1. The molecule has 0 saturated heterocycles. The van der Waals surface area contributed by atoms with E-state index in [9.17, 15) is 9.59 Å². The van der Waals surface area contributed by atoms with Crippen LogP contribution in [0, 0.1) is 0 Å². The molecule has 1 N–H and O–H groups in total. The first kappa shape index (κ1) is 19.8. The number of ether oxygens (including phenoxy) is 1. The number of carbonyl (C=O) groups is 1. The number of hydrogen-bond donors (Lipinski definition) is 1. The molecule has 0 unspecified atom stereocenters. The number of amides is 1. The molecule has 0 spiro atoms. The molecular formula is C23H20ClN3O3. The van der Waals surface area contributed by atoms with Crippen LogP contribution in [0.25, 0.3) is 11.0 Å². The lowest BCUT2D eigenvalue weighted by Crippen LogP contribution is -2.19. The van der Waals surface area contributed by atoms with Crippen LogP contribution in [0.3, 0.4) is 0 Å². The molecule has 0 atom stereocenters. The van der Waals surface area contributed by atoms with E-state index in [1.807, 2.05) is 24.3 Å². The molecule has 152 valence electrons. The van der Waals surface area contributed by atoms with Crippen LogP contribution < -0.4 is 15.7 Å². The van der Waals surface area contributed by atoms with Gasteiger partial charge < -0.3 is 10.1 Å². The Kier molecular flexibility index (Phi) is 5.33. The SMILES string of the molecule is Cn1c(=O)n(C)c2cc(NC(=O)c3ccccc3OCc3ccc(Cl)cc3)ccc21. The summed E-state index contributed by atoms with van der Waals surface area (Å²) in [4.78, 5) is 25.0. The second kappa shape index (κ2) is 8.08. The van der Waals surface area contributed by atoms with Crippen molar-refractivity contribution in [1.29, 1.82) is 0 Å². The molecule has 0 aliphatic rings. The third kappa shape index (κ3) is 3.82. The first-order valence-corrected chi connectivity index (χ1v) is 9.75. The molecule has 0 bridgehead atoms. The molecule has 4 aromatic rings. The molecule has 0 saturated carbocycles. The zero-order chi connectivity index (χ0) is 21.3. The van der Waals surface area contributed by atoms with Crippen molar-refractivity contribution in [2.24, 2.45) is 14.1 Å². The standard InChI is InChI=1S/C23H20ClN3O3/c1-26-19-12-11-17(13-20(19)27(2)23(26)29)25-22(28)18-5-3-4-6-21(18)30-14-15-7-9-16(24)10-8-15/h3-13H,14H2,1-2H3,(H,25,28).